The van der Waals surface area contributed by atoms with Gasteiger partial charge in [0.1, 0.15) is 5.82 Å². The first-order chi connectivity index (χ1) is 10.4. The molecule has 0 saturated heterocycles. The van der Waals surface area contributed by atoms with Crippen LogP contribution in [0.15, 0.2) is 18.3 Å². The molecule has 2 rings (SSSR count). The number of hydrogen-bond donors (Lipinski definition) is 2. The smallest absolute Gasteiger partial charge is 0.311 e. The molecule has 0 aliphatic carbocycles. The second-order valence-corrected chi connectivity index (χ2v) is 5.37. The van der Waals surface area contributed by atoms with Crippen molar-refractivity contribution >= 4 is 17.5 Å². The molecule has 0 aromatic carbocycles. The number of carboxylic acids is 1. The number of rotatable bonds is 6. The van der Waals surface area contributed by atoms with E-state index in [0.717, 1.165) is 0 Å². The van der Waals surface area contributed by atoms with E-state index in [4.69, 9.17) is 0 Å². The van der Waals surface area contributed by atoms with E-state index < -0.39 is 11.4 Å². The van der Waals surface area contributed by atoms with E-state index in [-0.39, 0.29) is 12.5 Å². The van der Waals surface area contributed by atoms with Gasteiger partial charge in [-0.2, -0.15) is 0 Å². The maximum Gasteiger partial charge on any atom is 0.311 e. The van der Waals surface area contributed by atoms with E-state index in [1.165, 1.54) is 0 Å². The highest BCUT2D eigenvalue weighted by atomic mass is 16.4. The lowest BCUT2D eigenvalue weighted by atomic mass is 9.82. The van der Waals surface area contributed by atoms with Crippen molar-refractivity contribution < 1.29 is 14.7 Å². The van der Waals surface area contributed by atoms with Crippen LogP contribution in [0.2, 0.25) is 0 Å². The van der Waals surface area contributed by atoms with Gasteiger partial charge in [-0.05, 0) is 31.9 Å². The van der Waals surface area contributed by atoms with E-state index in [1.54, 1.807) is 29.7 Å². The van der Waals surface area contributed by atoms with Crippen molar-refractivity contribution in [3.8, 4) is 0 Å². The number of hydrogen-bond acceptors (Lipinski definition) is 4. The third-order valence-corrected chi connectivity index (χ3v) is 4.23. The number of carbonyl (C=O) groups excluding carboxylic acids is 1. The van der Waals surface area contributed by atoms with E-state index in [9.17, 15) is 14.7 Å². The Morgan fingerprint density at radius 1 is 1.27 bits per heavy atom. The van der Waals surface area contributed by atoms with Crippen LogP contribution in [0, 0.1) is 12.3 Å². The quantitative estimate of drug-likeness (QED) is 0.846. The maximum absolute atomic E-state index is 12.3. The second kappa shape index (κ2) is 6.13. The van der Waals surface area contributed by atoms with Gasteiger partial charge >= 0.3 is 5.97 Å². The normalized spacial score (nSPS) is 11.6. The molecule has 7 heteroatoms. The van der Waals surface area contributed by atoms with Crippen molar-refractivity contribution in [2.75, 3.05) is 6.54 Å². The first-order valence-electron chi connectivity index (χ1n) is 7.26. The van der Waals surface area contributed by atoms with Crippen LogP contribution in [0.3, 0.4) is 0 Å². The number of aryl methyl sites for hydroxylation is 1. The Kier molecular flexibility index (Phi) is 4.44. The predicted octanol–water partition coefficient (Wildman–Crippen LogP) is 1.66. The highest BCUT2D eigenvalue weighted by Gasteiger charge is 2.35. The molecule has 0 spiro atoms. The highest BCUT2D eigenvalue weighted by Crippen LogP contribution is 2.25. The van der Waals surface area contributed by atoms with Gasteiger partial charge in [0.25, 0.3) is 5.91 Å². The molecule has 22 heavy (non-hydrogen) atoms. The summed E-state index contributed by atoms with van der Waals surface area (Å²) in [5, 5.41) is 20.0. The summed E-state index contributed by atoms with van der Waals surface area (Å²) >= 11 is 0. The number of amides is 1. The summed E-state index contributed by atoms with van der Waals surface area (Å²) in [6.45, 7) is 5.53. The molecule has 2 heterocycles. The molecule has 7 nitrogen and oxygen atoms in total. The van der Waals surface area contributed by atoms with Crippen molar-refractivity contribution in [1.82, 2.24) is 19.9 Å². The van der Waals surface area contributed by atoms with Gasteiger partial charge in [-0.25, -0.2) is 0 Å². The molecule has 0 fully saturated rings. The molecule has 0 radical (unpaired) electrons. The standard InChI is InChI=1S/C15H20N4O3/c1-4-15(5-2,14(21)22)9-16-13(20)11-6-7-12-18-17-10(3)19(12)8-11/h6-8H,4-5,9H2,1-3H3,(H,16,20)(H,21,22). The van der Waals surface area contributed by atoms with Crippen LogP contribution in [0.25, 0.3) is 5.65 Å². The third kappa shape index (κ3) is 2.79. The first kappa shape index (κ1) is 15.9. The molecule has 0 saturated carbocycles. The van der Waals surface area contributed by atoms with Crippen LogP contribution in [0.5, 0.6) is 0 Å². The number of aromatic nitrogens is 3. The Morgan fingerprint density at radius 3 is 2.55 bits per heavy atom. The van der Waals surface area contributed by atoms with Crippen molar-refractivity contribution in [2.45, 2.75) is 33.6 Å². The average molecular weight is 304 g/mol. The van der Waals surface area contributed by atoms with Gasteiger partial charge in [0.15, 0.2) is 5.65 Å². The molecule has 0 aliphatic heterocycles. The molecule has 0 bridgehead atoms. The molecule has 118 valence electrons. The zero-order valence-electron chi connectivity index (χ0n) is 13.0. The van der Waals surface area contributed by atoms with E-state index >= 15 is 0 Å². The van der Waals surface area contributed by atoms with Gasteiger partial charge in [0.05, 0.1) is 11.0 Å². The van der Waals surface area contributed by atoms with Gasteiger partial charge < -0.3 is 10.4 Å². The Morgan fingerprint density at radius 2 is 1.95 bits per heavy atom. The minimum atomic E-state index is -0.924. The number of pyridine rings is 1. The lowest BCUT2D eigenvalue weighted by Gasteiger charge is -2.26. The van der Waals surface area contributed by atoms with Crippen molar-refractivity contribution in [1.29, 1.82) is 0 Å². The number of aliphatic carboxylic acids is 1. The summed E-state index contributed by atoms with van der Waals surface area (Å²) in [6.07, 6.45) is 2.58. The van der Waals surface area contributed by atoms with Crippen LogP contribution < -0.4 is 5.32 Å². The fourth-order valence-corrected chi connectivity index (χ4v) is 2.37. The largest absolute Gasteiger partial charge is 0.481 e. The Bertz CT molecular complexity index is 704. The van der Waals surface area contributed by atoms with Crippen LogP contribution in [0.1, 0.15) is 42.9 Å². The minimum Gasteiger partial charge on any atom is -0.481 e. The topological polar surface area (TPSA) is 96.6 Å². The van der Waals surface area contributed by atoms with Gasteiger partial charge in [0, 0.05) is 12.7 Å². The second-order valence-electron chi connectivity index (χ2n) is 5.37. The SMILES string of the molecule is CCC(CC)(CNC(=O)c1ccc2nnc(C)n2c1)C(=O)O. The average Bonchev–Trinajstić information content (AvgIpc) is 2.89. The van der Waals surface area contributed by atoms with Gasteiger partial charge in [-0.1, -0.05) is 13.8 Å². The molecule has 2 aromatic rings. The predicted molar refractivity (Wildman–Crippen MR) is 80.7 cm³/mol. The summed E-state index contributed by atoms with van der Waals surface area (Å²) in [5.74, 6) is -0.503. The molecule has 0 unspecified atom stereocenters. The van der Waals surface area contributed by atoms with Crippen molar-refractivity contribution in [3.63, 3.8) is 0 Å². The third-order valence-electron chi connectivity index (χ3n) is 4.23. The summed E-state index contributed by atoms with van der Waals surface area (Å²) in [6, 6.07) is 3.36. The van der Waals surface area contributed by atoms with Crippen LogP contribution in [-0.4, -0.2) is 38.1 Å². The number of nitrogens with one attached hydrogen (secondary N) is 1. The van der Waals surface area contributed by atoms with Gasteiger partial charge in [0.2, 0.25) is 0 Å². The molecule has 1 amide bonds. The Hall–Kier alpha value is -2.44. The van der Waals surface area contributed by atoms with Gasteiger partial charge in [-0.3, -0.25) is 14.0 Å². The number of carboxylic acid groups (broad SMARTS) is 1. The molecule has 2 aromatic heterocycles. The summed E-state index contributed by atoms with van der Waals surface area (Å²) < 4.78 is 1.72. The molecule has 0 atom stereocenters. The monoisotopic (exact) mass is 304 g/mol. The number of fused-ring (bicyclic) bond motifs is 1. The summed E-state index contributed by atoms with van der Waals surface area (Å²) in [4.78, 5) is 23.7. The van der Waals surface area contributed by atoms with Crippen LogP contribution >= 0.6 is 0 Å². The highest BCUT2D eigenvalue weighted by molar-refractivity contribution is 5.94. The number of nitrogens with zero attached hydrogens (tertiary/aromatic N) is 3. The van der Waals surface area contributed by atoms with Gasteiger partial charge in [-0.15, -0.1) is 10.2 Å². The zero-order valence-corrected chi connectivity index (χ0v) is 13.0. The van der Waals surface area contributed by atoms with Crippen LogP contribution in [-0.2, 0) is 4.79 Å². The van der Waals surface area contributed by atoms with E-state index in [2.05, 4.69) is 15.5 Å². The fraction of sp³-hybridized carbons (Fsp3) is 0.467. The first-order valence-corrected chi connectivity index (χ1v) is 7.26. The Balaban J connectivity index is 2.17. The van der Waals surface area contributed by atoms with E-state index in [0.29, 0.717) is 29.9 Å². The zero-order chi connectivity index (χ0) is 16.3. The molecule has 2 N–H and O–H groups in total. The van der Waals surface area contributed by atoms with Crippen molar-refractivity contribution in [2.24, 2.45) is 5.41 Å². The Labute approximate surface area is 128 Å². The summed E-state index contributed by atoms with van der Waals surface area (Å²) in [7, 11) is 0. The lowest BCUT2D eigenvalue weighted by molar-refractivity contribution is -0.149. The lowest BCUT2D eigenvalue weighted by Crippen LogP contribution is -2.42. The van der Waals surface area contributed by atoms with E-state index in [1.807, 2.05) is 13.8 Å². The summed E-state index contributed by atoms with van der Waals surface area (Å²) in [5.41, 5.74) is 0.185. The molecular weight excluding hydrogens is 284 g/mol. The molecule has 0 aliphatic rings. The minimum absolute atomic E-state index is 0.105. The molecular formula is C15H20N4O3. The maximum atomic E-state index is 12.3. The van der Waals surface area contributed by atoms with Crippen molar-refractivity contribution in [3.05, 3.63) is 29.7 Å². The van der Waals surface area contributed by atoms with Crippen LogP contribution in [0.4, 0.5) is 0 Å². The number of carbonyl (C=O) groups is 2. The fourth-order valence-electron chi connectivity index (χ4n) is 2.37.